The first kappa shape index (κ1) is 13.3. The van der Waals surface area contributed by atoms with Crippen LogP contribution < -0.4 is 0 Å². The predicted molar refractivity (Wildman–Crippen MR) is 69.1 cm³/mol. The fourth-order valence-electron chi connectivity index (χ4n) is 3.31. The zero-order chi connectivity index (χ0) is 12.1. The normalized spacial score (nSPS) is 34.2. The molecule has 17 heavy (non-hydrogen) atoms. The van der Waals surface area contributed by atoms with Crippen molar-refractivity contribution in [3.05, 3.63) is 0 Å². The first-order valence-electron chi connectivity index (χ1n) is 7.29. The van der Waals surface area contributed by atoms with Crippen LogP contribution in [0.5, 0.6) is 0 Å². The fourth-order valence-corrected chi connectivity index (χ4v) is 3.31. The van der Waals surface area contributed by atoms with E-state index in [0.29, 0.717) is 12.1 Å². The minimum Gasteiger partial charge on any atom is -0.393 e. The van der Waals surface area contributed by atoms with Crippen molar-refractivity contribution in [2.45, 2.75) is 70.1 Å². The largest absolute Gasteiger partial charge is 0.393 e. The Balaban J connectivity index is 1.97. The van der Waals surface area contributed by atoms with E-state index in [9.17, 15) is 5.11 Å². The topological polar surface area (TPSA) is 32.7 Å². The van der Waals surface area contributed by atoms with Gasteiger partial charge in [0.15, 0.2) is 0 Å². The first-order chi connectivity index (χ1) is 8.27. The number of hydrogen-bond acceptors (Lipinski definition) is 3. The Bertz CT molecular complexity index is 214. The van der Waals surface area contributed by atoms with Gasteiger partial charge >= 0.3 is 0 Å². The molecule has 3 heteroatoms. The SMILES string of the molecule is CC(O)CC1CCCCCN1C1CCCOC1. The summed E-state index contributed by atoms with van der Waals surface area (Å²) >= 11 is 0. The zero-order valence-corrected chi connectivity index (χ0v) is 11.1. The molecule has 3 nitrogen and oxygen atoms in total. The number of aliphatic hydroxyl groups is 1. The van der Waals surface area contributed by atoms with Crippen molar-refractivity contribution in [1.29, 1.82) is 0 Å². The maximum atomic E-state index is 9.65. The van der Waals surface area contributed by atoms with Crippen molar-refractivity contribution < 1.29 is 9.84 Å². The Morgan fingerprint density at radius 2 is 2.12 bits per heavy atom. The summed E-state index contributed by atoms with van der Waals surface area (Å²) in [5, 5.41) is 9.65. The average molecular weight is 241 g/mol. The third-order valence-corrected chi connectivity index (χ3v) is 4.14. The van der Waals surface area contributed by atoms with Gasteiger partial charge in [0, 0.05) is 18.7 Å². The molecule has 0 bridgehead atoms. The van der Waals surface area contributed by atoms with Crippen LogP contribution in [0.3, 0.4) is 0 Å². The van der Waals surface area contributed by atoms with Crippen LogP contribution in [-0.2, 0) is 4.74 Å². The average Bonchev–Trinajstić information content (AvgIpc) is 2.55. The second-order valence-electron chi connectivity index (χ2n) is 5.70. The van der Waals surface area contributed by atoms with Crippen molar-refractivity contribution in [3.63, 3.8) is 0 Å². The third kappa shape index (κ3) is 3.94. The smallest absolute Gasteiger partial charge is 0.0621 e. The molecule has 0 aromatic rings. The van der Waals surface area contributed by atoms with Gasteiger partial charge in [-0.1, -0.05) is 12.8 Å². The molecule has 2 fully saturated rings. The van der Waals surface area contributed by atoms with Gasteiger partial charge in [-0.3, -0.25) is 4.90 Å². The standard InChI is InChI=1S/C14H27NO2/c1-12(16)10-13-6-3-2-4-8-15(13)14-7-5-9-17-11-14/h12-14,16H,2-11H2,1H3. The lowest BCUT2D eigenvalue weighted by atomic mass is 10.00. The predicted octanol–water partition coefficient (Wildman–Crippen LogP) is 2.18. The zero-order valence-electron chi connectivity index (χ0n) is 11.1. The molecule has 2 aliphatic heterocycles. The maximum Gasteiger partial charge on any atom is 0.0621 e. The van der Waals surface area contributed by atoms with E-state index in [4.69, 9.17) is 4.74 Å². The van der Waals surface area contributed by atoms with Gasteiger partial charge in [-0.25, -0.2) is 0 Å². The van der Waals surface area contributed by atoms with Crippen LogP contribution in [0.4, 0.5) is 0 Å². The van der Waals surface area contributed by atoms with E-state index >= 15 is 0 Å². The number of ether oxygens (including phenoxy) is 1. The summed E-state index contributed by atoms with van der Waals surface area (Å²) in [5.41, 5.74) is 0. The molecular weight excluding hydrogens is 214 g/mol. The van der Waals surface area contributed by atoms with E-state index in [-0.39, 0.29) is 6.10 Å². The van der Waals surface area contributed by atoms with E-state index in [0.717, 1.165) is 19.6 Å². The fraction of sp³-hybridized carbons (Fsp3) is 1.00. The van der Waals surface area contributed by atoms with Crippen LogP contribution in [0.25, 0.3) is 0 Å². The van der Waals surface area contributed by atoms with E-state index in [1.54, 1.807) is 0 Å². The summed E-state index contributed by atoms with van der Waals surface area (Å²) in [6.45, 7) is 4.95. The van der Waals surface area contributed by atoms with Crippen molar-refractivity contribution in [2.24, 2.45) is 0 Å². The monoisotopic (exact) mass is 241 g/mol. The molecule has 100 valence electrons. The van der Waals surface area contributed by atoms with E-state index in [2.05, 4.69) is 4.90 Å². The van der Waals surface area contributed by atoms with Gasteiger partial charge in [0.05, 0.1) is 12.7 Å². The van der Waals surface area contributed by atoms with Gasteiger partial charge < -0.3 is 9.84 Å². The van der Waals surface area contributed by atoms with E-state index < -0.39 is 0 Å². The van der Waals surface area contributed by atoms with Gasteiger partial charge in [-0.2, -0.15) is 0 Å². The van der Waals surface area contributed by atoms with E-state index in [1.807, 2.05) is 6.92 Å². The van der Waals surface area contributed by atoms with Gasteiger partial charge in [-0.05, 0) is 45.6 Å². The third-order valence-electron chi connectivity index (χ3n) is 4.14. The highest BCUT2D eigenvalue weighted by atomic mass is 16.5. The number of hydrogen-bond donors (Lipinski definition) is 1. The molecule has 2 rings (SSSR count). The quantitative estimate of drug-likeness (QED) is 0.822. The summed E-state index contributed by atoms with van der Waals surface area (Å²) in [5.74, 6) is 0. The molecular formula is C14H27NO2. The highest BCUT2D eigenvalue weighted by molar-refractivity contribution is 4.84. The van der Waals surface area contributed by atoms with Crippen molar-refractivity contribution in [2.75, 3.05) is 19.8 Å². The van der Waals surface area contributed by atoms with Crippen LogP contribution >= 0.6 is 0 Å². The Morgan fingerprint density at radius 3 is 2.82 bits per heavy atom. The van der Waals surface area contributed by atoms with Crippen LogP contribution in [0.2, 0.25) is 0 Å². The molecule has 3 atom stereocenters. The van der Waals surface area contributed by atoms with Gasteiger partial charge in [0.25, 0.3) is 0 Å². The molecule has 0 amide bonds. The lowest BCUT2D eigenvalue weighted by molar-refractivity contribution is -0.00801. The van der Waals surface area contributed by atoms with Crippen LogP contribution in [0.1, 0.15) is 51.9 Å². The lowest BCUT2D eigenvalue weighted by Crippen LogP contribution is -2.47. The number of aliphatic hydroxyl groups excluding tert-OH is 1. The molecule has 2 saturated heterocycles. The van der Waals surface area contributed by atoms with Gasteiger partial charge in [0.1, 0.15) is 0 Å². The first-order valence-corrected chi connectivity index (χ1v) is 7.29. The van der Waals surface area contributed by atoms with Crippen molar-refractivity contribution in [3.8, 4) is 0 Å². The maximum absolute atomic E-state index is 9.65. The highest BCUT2D eigenvalue weighted by Crippen LogP contribution is 2.25. The number of rotatable bonds is 3. The molecule has 0 aliphatic carbocycles. The molecule has 2 aliphatic rings. The van der Waals surface area contributed by atoms with Gasteiger partial charge in [0.2, 0.25) is 0 Å². The lowest BCUT2D eigenvalue weighted by Gasteiger charge is -2.39. The minimum atomic E-state index is -0.176. The highest BCUT2D eigenvalue weighted by Gasteiger charge is 2.29. The van der Waals surface area contributed by atoms with Crippen LogP contribution in [-0.4, -0.2) is 48.0 Å². The van der Waals surface area contributed by atoms with Gasteiger partial charge in [-0.15, -0.1) is 0 Å². The van der Waals surface area contributed by atoms with Crippen molar-refractivity contribution >= 4 is 0 Å². The number of nitrogens with zero attached hydrogens (tertiary/aromatic N) is 1. The minimum absolute atomic E-state index is 0.176. The summed E-state index contributed by atoms with van der Waals surface area (Å²) in [6.07, 6.45) is 8.45. The van der Waals surface area contributed by atoms with E-state index in [1.165, 1.54) is 45.1 Å². The summed E-state index contributed by atoms with van der Waals surface area (Å²) in [4.78, 5) is 2.64. The summed E-state index contributed by atoms with van der Waals surface area (Å²) in [7, 11) is 0. The number of likely N-dealkylation sites (tertiary alicyclic amines) is 1. The summed E-state index contributed by atoms with van der Waals surface area (Å²) in [6, 6.07) is 1.18. The second kappa shape index (κ2) is 6.72. The second-order valence-corrected chi connectivity index (χ2v) is 5.70. The molecule has 3 unspecified atom stereocenters. The molecule has 2 heterocycles. The molecule has 0 aromatic heterocycles. The Labute approximate surface area is 105 Å². The Kier molecular flexibility index (Phi) is 5.26. The molecule has 0 aromatic carbocycles. The molecule has 0 spiro atoms. The van der Waals surface area contributed by atoms with Crippen LogP contribution in [0, 0.1) is 0 Å². The molecule has 0 radical (unpaired) electrons. The molecule has 0 saturated carbocycles. The molecule has 1 N–H and O–H groups in total. The van der Waals surface area contributed by atoms with Crippen LogP contribution in [0.15, 0.2) is 0 Å². The van der Waals surface area contributed by atoms with Crippen molar-refractivity contribution in [1.82, 2.24) is 4.90 Å². The Morgan fingerprint density at radius 1 is 1.24 bits per heavy atom. The Hall–Kier alpha value is -0.120. The summed E-state index contributed by atoms with van der Waals surface area (Å²) < 4.78 is 5.63.